The first-order valence-corrected chi connectivity index (χ1v) is 10.8. The van der Waals surface area contributed by atoms with Crippen molar-refractivity contribution in [1.82, 2.24) is 4.90 Å². The molecule has 0 amide bonds. The van der Waals surface area contributed by atoms with E-state index in [0.29, 0.717) is 5.70 Å². The number of hydrogen-bond acceptors (Lipinski definition) is 4. The highest BCUT2D eigenvalue weighted by Crippen LogP contribution is 2.37. The van der Waals surface area contributed by atoms with Crippen molar-refractivity contribution in [2.45, 2.75) is 29.2 Å². The molecule has 0 unspecified atom stereocenters. The third kappa shape index (κ3) is 5.54. The largest absolute Gasteiger partial charge is 0.386 e. The van der Waals surface area contributed by atoms with Crippen molar-refractivity contribution >= 4 is 11.8 Å². The average molecular weight is 415 g/mol. The predicted molar refractivity (Wildman–Crippen MR) is 124 cm³/mol. The molecule has 0 spiro atoms. The van der Waals surface area contributed by atoms with E-state index in [2.05, 4.69) is 30.3 Å². The maximum Gasteiger partial charge on any atom is 0.117 e. The highest BCUT2D eigenvalue weighted by molar-refractivity contribution is 7.99. The Morgan fingerprint density at radius 1 is 0.900 bits per heavy atom. The molecule has 0 radical (unpaired) electrons. The zero-order valence-electron chi connectivity index (χ0n) is 17.2. The van der Waals surface area contributed by atoms with Gasteiger partial charge in [0.1, 0.15) is 11.8 Å². The summed E-state index contributed by atoms with van der Waals surface area (Å²) in [7, 11) is 1.86. The number of benzene rings is 3. The van der Waals surface area contributed by atoms with Crippen LogP contribution in [0.4, 0.5) is 0 Å². The molecule has 0 bridgehead atoms. The molecular formula is C26H26N2OS. The molecule has 0 saturated carbocycles. The van der Waals surface area contributed by atoms with E-state index in [1.54, 1.807) is 11.8 Å². The van der Waals surface area contributed by atoms with Gasteiger partial charge in [0.25, 0.3) is 0 Å². The number of likely N-dealkylation sites (N-methyl/N-ethyl adjacent to an activating group) is 1. The Hall–Kier alpha value is -3.00. The van der Waals surface area contributed by atoms with E-state index in [0.717, 1.165) is 16.0 Å². The first-order chi connectivity index (χ1) is 14.6. The van der Waals surface area contributed by atoms with Crippen LogP contribution in [0.25, 0.3) is 0 Å². The van der Waals surface area contributed by atoms with Crippen molar-refractivity contribution in [2.75, 3.05) is 7.05 Å². The Labute approximate surface area is 183 Å². The van der Waals surface area contributed by atoms with Crippen LogP contribution in [0.1, 0.15) is 29.4 Å². The molecule has 3 aromatic carbocycles. The van der Waals surface area contributed by atoms with Gasteiger partial charge < -0.3 is 10.0 Å². The average Bonchev–Trinajstić information content (AvgIpc) is 2.82. The summed E-state index contributed by atoms with van der Waals surface area (Å²) in [5.41, 5.74) is 2.51. The smallest absolute Gasteiger partial charge is 0.117 e. The van der Waals surface area contributed by atoms with Gasteiger partial charge in [-0.2, -0.15) is 5.26 Å². The lowest BCUT2D eigenvalue weighted by Gasteiger charge is -2.31. The van der Waals surface area contributed by atoms with Gasteiger partial charge in [0.15, 0.2) is 0 Å². The van der Waals surface area contributed by atoms with Crippen LogP contribution >= 0.6 is 11.8 Å². The molecule has 3 aromatic rings. The number of aliphatic hydroxyl groups excluding tert-OH is 1. The summed E-state index contributed by atoms with van der Waals surface area (Å²) in [5.74, 6) is 0. The van der Waals surface area contributed by atoms with E-state index >= 15 is 0 Å². The molecule has 0 saturated heterocycles. The van der Waals surface area contributed by atoms with Gasteiger partial charge in [-0.25, -0.2) is 0 Å². The van der Waals surface area contributed by atoms with Crippen molar-refractivity contribution in [3.05, 3.63) is 114 Å². The fraction of sp³-hybridized carbons (Fsp3) is 0.192. The van der Waals surface area contributed by atoms with Crippen molar-refractivity contribution in [1.29, 1.82) is 5.26 Å². The lowest BCUT2D eigenvalue weighted by Crippen LogP contribution is -2.33. The molecule has 30 heavy (non-hydrogen) atoms. The minimum atomic E-state index is -0.690. The van der Waals surface area contributed by atoms with E-state index in [1.165, 1.54) is 0 Å². The van der Waals surface area contributed by atoms with Crippen LogP contribution in [0, 0.1) is 11.3 Å². The molecule has 1 N–H and O–H groups in total. The molecular weight excluding hydrogens is 388 g/mol. The molecule has 3 rings (SSSR count). The second kappa shape index (κ2) is 10.7. The zero-order valence-corrected chi connectivity index (χ0v) is 18.0. The summed E-state index contributed by atoms with van der Waals surface area (Å²) in [6.07, 6.45) is 1.30. The van der Waals surface area contributed by atoms with Gasteiger partial charge in [-0.1, -0.05) is 78.9 Å². The van der Waals surface area contributed by atoms with E-state index in [1.807, 2.05) is 91.7 Å². The summed E-state index contributed by atoms with van der Waals surface area (Å²) in [6.45, 7) is 1.94. The van der Waals surface area contributed by atoms with Crippen LogP contribution in [-0.2, 0) is 0 Å². The predicted octanol–water partition coefficient (Wildman–Crippen LogP) is 5.98. The number of hydrogen-bond donors (Lipinski definition) is 1. The van der Waals surface area contributed by atoms with E-state index in [-0.39, 0.29) is 11.3 Å². The number of nitrogens with zero attached hydrogens (tertiary/aromatic N) is 2. The molecule has 0 heterocycles. The minimum Gasteiger partial charge on any atom is -0.386 e. The topological polar surface area (TPSA) is 47.3 Å². The van der Waals surface area contributed by atoms with Crippen LogP contribution in [0.15, 0.2) is 108 Å². The van der Waals surface area contributed by atoms with E-state index < -0.39 is 6.10 Å². The van der Waals surface area contributed by atoms with Crippen LogP contribution in [0.3, 0.4) is 0 Å². The Balaban J connectivity index is 1.88. The number of allylic oxidation sites excluding steroid dienone is 1. The quantitative estimate of drug-likeness (QED) is 0.364. The molecule has 3 atom stereocenters. The summed E-state index contributed by atoms with van der Waals surface area (Å²) in [6, 6.07) is 32.0. The normalized spacial score (nSPS) is 14.4. The highest BCUT2D eigenvalue weighted by atomic mass is 32.2. The molecule has 0 aliphatic carbocycles. The van der Waals surface area contributed by atoms with Crippen molar-refractivity contribution in [2.24, 2.45) is 0 Å². The minimum absolute atomic E-state index is 0.0215. The van der Waals surface area contributed by atoms with Crippen molar-refractivity contribution in [3.63, 3.8) is 0 Å². The van der Waals surface area contributed by atoms with Crippen LogP contribution < -0.4 is 0 Å². The molecule has 152 valence electrons. The second-order valence-corrected chi connectivity index (χ2v) is 8.35. The van der Waals surface area contributed by atoms with Gasteiger partial charge in [-0.3, -0.25) is 0 Å². The fourth-order valence-electron chi connectivity index (χ4n) is 3.22. The maximum atomic E-state index is 10.8. The van der Waals surface area contributed by atoms with Gasteiger partial charge in [0.2, 0.25) is 0 Å². The molecule has 3 nitrogen and oxygen atoms in total. The highest BCUT2D eigenvalue weighted by Gasteiger charge is 2.23. The summed E-state index contributed by atoms with van der Waals surface area (Å²) in [4.78, 5) is 3.00. The van der Waals surface area contributed by atoms with E-state index in [4.69, 9.17) is 0 Å². The first-order valence-electron chi connectivity index (χ1n) is 9.94. The molecule has 0 aromatic heterocycles. The van der Waals surface area contributed by atoms with Crippen LogP contribution in [-0.4, -0.2) is 23.1 Å². The van der Waals surface area contributed by atoms with Crippen molar-refractivity contribution < 1.29 is 5.11 Å². The number of aliphatic hydroxyl groups is 1. The molecule has 4 heteroatoms. The third-order valence-electron chi connectivity index (χ3n) is 5.15. The van der Waals surface area contributed by atoms with Gasteiger partial charge in [-0.05, 0) is 36.3 Å². The number of thioether (sulfide) groups is 1. The summed E-state index contributed by atoms with van der Waals surface area (Å²) < 4.78 is 0. The lowest BCUT2D eigenvalue weighted by molar-refractivity contribution is 0.0912. The van der Waals surface area contributed by atoms with Gasteiger partial charge in [-0.15, -0.1) is 11.8 Å². The Bertz CT molecular complexity index is 984. The van der Waals surface area contributed by atoms with Crippen molar-refractivity contribution in [3.8, 4) is 6.07 Å². The van der Waals surface area contributed by atoms with Gasteiger partial charge in [0, 0.05) is 11.9 Å². The third-order valence-corrected chi connectivity index (χ3v) is 6.35. The first kappa shape index (κ1) is 21.7. The Morgan fingerprint density at radius 2 is 1.40 bits per heavy atom. The number of rotatable bonds is 8. The van der Waals surface area contributed by atoms with Crippen LogP contribution in [0.5, 0.6) is 0 Å². The Morgan fingerprint density at radius 3 is 1.93 bits per heavy atom. The lowest BCUT2D eigenvalue weighted by atomic mass is 10.0. The monoisotopic (exact) mass is 414 g/mol. The fourth-order valence-corrected chi connectivity index (χ4v) is 4.32. The Kier molecular flexibility index (Phi) is 7.73. The molecule has 0 fully saturated rings. The summed E-state index contributed by atoms with van der Waals surface area (Å²) in [5, 5.41) is 20.7. The van der Waals surface area contributed by atoms with Gasteiger partial charge in [0.05, 0.1) is 17.4 Å². The molecule has 0 aliphatic rings. The van der Waals surface area contributed by atoms with E-state index in [9.17, 15) is 10.4 Å². The van der Waals surface area contributed by atoms with Crippen LogP contribution in [0.2, 0.25) is 0 Å². The van der Waals surface area contributed by atoms with Gasteiger partial charge >= 0.3 is 0 Å². The molecule has 0 aliphatic heterocycles. The zero-order chi connectivity index (χ0) is 21.3. The summed E-state index contributed by atoms with van der Waals surface area (Å²) >= 11 is 1.70. The number of nitriles is 1. The SMILES string of the molecule is C[C@@H]([C@H](O)c1ccccc1)N(C)/C(C#N)=C/[C@H](Sc1ccccc1)c1ccccc1. The maximum absolute atomic E-state index is 10.8. The second-order valence-electron chi connectivity index (χ2n) is 7.13. The standard InChI is InChI=1S/C26H26N2OS/c1-20(26(29)22-14-8-4-9-15-22)28(2)23(19-27)18-25(21-12-6-3-7-13-21)30-24-16-10-5-11-17-24/h3-18,20,25-26,29H,1-2H3/b23-18+/t20-,25-,26-/m0/s1.